The normalized spacial score (nSPS) is 29.8. The third-order valence-electron chi connectivity index (χ3n) is 8.45. The summed E-state index contributed by atoms with van der Waals surface area (Å²) in [5.74, 6) is -3.41. The van der Waals surface area contributed by atoms with Gasteiger partial charge in [-0.2, -0.15) is 0 Å². The van der Waals surface area contributed by atoms with E-state index in [9.17, 15) is 24.6 Å². The highest BCUT2D eigenvalue weighted by Gasteiger charge is 2.76. The predicted octanol–water partition coefficient (Wildman–Crippen LogP) is 3.98. The molecule has 3 saturated heterocycles. The Morgan fingerprint density at radius 1 is 1.21 bits per heavy atom. The number of carbonyl (C=O) groups excluding carboxylic acids is 2. The molecule has 7 atom stereocenters. The zero-order chi connectivity index (χ0) is 28.1. The lowest BCUT2D eigenvalue weighted by atomic mass is 9.71. The minimum absolute atomic E-state index is 0.141. The molecule has 7 nitrogen and oxygen atoms in total. The number of carbonyl (C=O) groups is 3. The number of carboxylic acids is 1. The zero-order valence-electron chi connectivity index (χ0n) is 22.0. The minimum Gasteiger partial charge on any atom is -0.481 e. The van der Waals surface area contributed by atoms with Crippen molar-refractivity contribution in [3.63, 3.8) is 0 Å². The standard InChI is InChI=1S/C30H33BrN2O5S/c1-4-13-32(24-17(2)9-8-10-18(24)3)28(36)26-30-15-21(31)25(39-30)22(29(37)38)23(30)27(35)33(26)20(16-34)14-19-11-6-5-7-12-19/h4-12,20-23,25-26,34H,1,13-16H2,2-3H3,(H,37,38)/t20-,21?,22-,23+,25-,26?,30?/m1/s1. The highest BCUT2D eigenvalue weighted by Crippen LogP contribution is 2.68. The second-order valence-corrected chi connectivity index (χ2v) is 13.5. The number of fused-ring (bicyclic) bond motifs is 1. The number of halogens is 1. The number of likely N-dealkylation sites (tertiary alicyclic amines) is 1. The Bertz CT molecular complexity index is 1290. The molecule has 2 amide bonds. The second-order valence-electron chi connectivity index (χ2n) is 10.8. The highest BCUT2D eigenvalue weighted by molar-refractivity contribution is 9.09. The number of benzene rings is 2. The lowest BCUT2D eigenvalue weighted by Gasteiger charge is -2.40. The van der Waals surface area contributed by atoms with Crippen LogP contribution >= 0.6 is 27.7 Å². The molecule has 1 spiro atoms. The van der Waals surface area contributed by atoms with Crippen molar-refractivity contribution in [2.75, 3.05) is 18.1 Å². The van der Waals surface area contributed by atoms with E-state index in [4.69, 9.17) is 0 Å². The number of aliphatic hydroxyl groups is 1. The van der Waals surface area contributed by atoms with Crippen molar-refractivity contribution >= 4 is 51.2 Å². The third-order valence-corrected chi connectivity index (χ3v) is 11.7. The van der Waals surface area contributed by atoms with Gasteiger partial charge in [0.05, 0.1) is 29.2 Å². The average molecular weight is 614 g/mol. The fraction of sp³-hybridized carbons (Fsp3) is 0.433. The van der Waals surface area contributed by atoms with Crippen molar-refractivity contribution in [3.05, 3.63) is 77.9 Å². The van der Waals surface area contributed by atoms with E-state index in [0.717, 1.165) is 22.4 Å². The number of hydrogen-bond acceptors (Lipinski definition) is 5. The molecular weight excluding hydrogens is 580 g/mol. The van der Waals surface area contributed by atoms with E-state index in [1.807, 2.05) is 62.4 Å². The highest BCUT2D eigenvalue weighted by atomic mass is 79.9. The molecule has 0 aromatic heterocycles. The Morgan fingerprint density at radius 2 is 1.87 bits per heavy atom. The van der Waals surface area contributed by atoms with E-state index in [-0.39, 0.29) is 35.0 Å². The van der Waals surface area contributed by atoms with Gasteiger partial charge in [0, 0.05) is 22.3 Å². The Morgan fingerprint density at radius 3 is 2.46 bits per heavy atom. The molecule has 3 fully saturated rings. The Kier molecular flexibility index (Phi) is 7.70. The lowest BCUT2D eigenvalue weighted by Crippen LogP contribution is -2.58. The van der Waals surface area contributed by atoms with Crippen molar-refractivity contribution in [3.8, 4) is 0 Å². The summed E-state index contributed by atoms with van der Waals surface area (Å²) in [6.07, 6.45) is 2.51. The molecule has 3 heterocycles. The number of aryl methyl sites for hydroxylation is 2. The van der Waals surface area contributed by atoms with Gasteiger partial charge in [-0.15, -0.1) is 18.3 Å². The van der Waals surface area contributed by atoms with E-state index < -0.39 is 34.6 Å². The van der Waals surface area contributed by atoms with Crippen molar-refractivity contribution in [1.82, 2.24) is 4.90 Å². The lowest BCUT2D eigenvalue weighted by molar-refractivity contribution is -0.149. The maximum atomic E-state index is 14.8. The maximum Gasteiger partial charge on any atom is 0.308 e. The van der Waals surface area contributed by atoms with Crippen LogP contribution in [0.15, 0.2) is 61.2 Å². The Balaban J connectivity index is 1.66. The molecule has 0 saturated carbocycles. The molecule has 2 bridgehead atoms. The van der Waals surface area contributed by atoms with Gasteiger partial charge in [0.15, 0.2) is 0 Å². The van der Waals surface area contributed by atoms with E-state index in [1.54, 1.807) is 11.0 Å². The summed E-state index contributed by atoms with van der Waals surface area (Å²) in [5.41, 5.74) is 3.53. The number of rotatable bonds is 9. The van der Waals surface area contributed by atoms with Crippen LogP contribution in [0.5, 0.6) is 0 Å². The minimum atomic E-state index is -1.02. The van der Waals surface area contributed by atoms with E-state index >= 15 is 0 Å². The molecule has 39 heavy (non-hydrogen) atoms. The van der Waals surface area contributed by atoms with Gasteiger partial charge in [-0.3, -0.25) is 14.4 Å². The van der Waals surface area contributed by atoms with Gasteiger partial charge in [-0.1, -0.05) is 70.5 Å². The summed E-state index contributed by atoms with van der Waals surface area (Å²) in [7, 11) is 0. The second kappa shape index (κ2) is 10.7. The SMILES string of the molecule is C=CCN(C(=O)C1N([C@@H](CO)Cc2ccccc2)C(=O)[C@@H]2[C@@H](C(=O)O)[C@@H]3SC12CC3Br)c1c(C)cccc1C. The van der Waals surface area contributed by atoms with Crippen LogP contribution < -0.4 is 4.90 Å². The third kappa shape index (κ3) is 4.43. The first-order chi connectivity index (χ1) is 18.7. The van der Waals surface area contributed by atoms with Crippen LogP contribution in [0.3, 0.4) is 0 Å². The van der Waals surface area contributed by atoms with Gasteiger partial charge < -0.3 is 20.0 Å². The van der Waals surface area contributed by atoms with E-state index in [0.29, 0.717) is 12.8 Å². The van der Waals surface area contributed by atoms with E-state index in [2.05, 4.69) is 22.5 Å². The number of hydrogen-bond donors (Lipinski definition) is 2. The summed E-state index contributed by atoms with van der Waals surface area (Å²) in [6.45, 7) is 7.67. The fourth-order valence-corrected chi connectivity index (χ4v) is 10.5. The van der Waals surface area contributed by atoms with Crippen LogP contribution in [0.1, 0.15) is 23.1 Å². The average Bonchev–Trinajstić information content (AvgIpc) is 3.50. The van der Waals surface area contributed by atoms with Crippen molar-refractivity contribution < 1.29 is 24.6 Å². The van der Waals surface area contributed by atoms with E-state index in [1.165, 1.54) is 16.7 Å². The Labute approximate surface area is 241 Å². The van der Waals surface area contributed by atoms with Crippen molar-refractivity contribution in [2.45, 2.75) is 53.6 Å². The molecule has 3 aliphatic rings. The van der Waals surface area contributed by atoms with Crippen LogP contribution in [0.4, 0.5) is 5.69 Å². The number of nitrogens with zero attached hydrogens (tertiary/aromatic N) is 2. The molecule has 2 N–H and O–H groups in total. The first-order valence-corrected chi connectivity index (χ1v) is 15.0. The molecule has 0 radical (unpaired) electrons. The first-order valence-electron chi connectivity index (χ1n) is 13.2. The number of amides is 2. The molecule has 3 aliphatic heterocycles. The zero-order valence-corrected chi connectivity index (χ0v) is 24.4. The topological polar surface area (TPSA) is 98.2 Å². The molecule has 2 aromatic carbocycles. The first kappa shape index (κ1) is 27.9. The number of aliphatic carboxylic acids is 1. The number of carboxylic acid groups (broad SMARTS) is 1. The molecule has 206 valence electrons. The molecule has 5 rings (SSSR count). The number of aliphatic hydroxyl groups excluding tert-OH is 1. The van der Waals surface area contributed by atoms with Gasteiger partial charge in [0.2, 0.25) is 5.91 Å². The molecule has 2 aromatic rings. The molecule has 9 heteroatoms. The van der Waals surface area contributed by atoms with Crippen molar-refractivity contribution in [1.29, 1.82) is 0 Å². The summed E-state index contributed by atoms with van der Waals surface area (Å²) < 4.78 is -0.920. The summed E-state index contributed by atoms with van der Waals surface area (Å²) in [4.78, 5) is 44.7. The van der Waals surface area contributed by atoms with Crippen LogP contribution in [-0.2, 0) is 20.8 Å². The number of thioether (sulfide) groups is 1. The predicted molar refractivity (Wildman–Crippen MR) is 156 cm³/mol. The summed E-state index contributed by atoms with van der Waals surface area (Å²) in [6, 6.07) is 13.8. The largest absolute Gasteiger partial charge is 0.481 e. The Hall–Kier alpha value is -2.62. The van der Waals surface area contributed by atoms with Gasteiger partial charge in [0.25, 0.3) is 5.91 Å². The van der Waals surface area contributed by atoms with Crippen LogP contribution in [0, 0.1) is 25.7 Å². The fourth-order valence-electron chi connectivity index (χ4n) is 6.96. The molecular formula is C30H33BrN2O5S. The maximum absolute atomic E-state index is 14.8. The summed E-state index contributed by atoms with van der Waals surface area (Å²) in [5, 5.41) is 20.5. The number of para-hydroxylation sites is 1. The smallest absolute Gasteiger partial charge is 0.308 e. The van der Waals surface area contributed by atoms with Crippen LogP contribution in [0.2, 0.25) is 0 Å². The number of anilines is 1. The quantitative estimate of drug-likeness (QED) is 0.328. The molecule has 0 aliphatic carbocycles. The summed E-state index contributed by atoms with van der Waals surface area (Å²) >= 11 is 5.16. The molecule has 3 unspecified atom stereocenters. The van der Waals surface area contributed by atoms with Crippen LogP contribution in [-0.4, -0.2) is 73.0 Å². The van der Waals surface area contributed by atoms with Crippen molar-refractivity contribution in [2.24, 2.45) is 11.8 Å². The van der Waals surface area contributed by atoms with Gasteiger partial charge in [-0.05, 0) is 43.4 Å². The van der Waals surface area contributed by atoms with Gasteiger partial charge in [-0.25, -0.2) is 0 Å². The monoisotopic (exact) mass is 612 g/mol. The number of alkyl halides is 1. The van der Waals surface area contributed by atoms with Crippen LogP contribution in [0.25, 0.3) is 0 Å². The van der Waals surface area contributed by atoms with Gasteiger partial charge in [0.1, 0.15) is 6.04 Å². The van der Waals surface area contributed by atoms with Gasteiger partial charge >= 0.3 is 5.97 Å².